The van der Waals surface area contributed by atoms with Gasteiger partial charge in [0.25, 0.3) is 5.91 Å². The van der Waals surface area contributed by atoms with E-state index in [2.05, 4.69) is 5.32 Å². The zero-order valence-corrected chi connectivity index (χ0v) is 15.2. The Labute approximate surface area is 153 Å². The average molecular weight is 357 g/mol. The molecule has 0 heterocycles. The molecule has 1 atom stereocenters. The van der Waals surface area contributed by atoms with Crippen LogP contribution in [0.25, 0.3) is 0 Å². The van der Waals surface area contributed by atoms with Gasteiger partial charge in [-0.1, -0.05) is 0 Å². The molecule has 0 fully saturated rings. The van der Waals surface area contributed by atoms with E-state index in [1.165, 1.54) is 7.11 Å². The number of ether oxygens (including phenoxy) is 3. The molecule has 2 aromatic carbocycles. The Kier molecular flexibility index (Phi) is 7.17. The number of methoxy groups -OCH3 is 2. The molecule has 0 aliphatic rings. The van der Waals surface area contributed by atoms with E-state index in [4.69, 9.17) is 14.2 Å². The Morgan fingerprint density at radius 1 is 1.15 bits per heavy atom. The van der Waals surface area contributed by atoms with Crippen molar-refractivity contribution in [1.82, 2.24) is 0 Å². The number of hydrogen-bond donors (Lipinski definition) is 1. The minimum Gasteiger partial charge on any atom is -0.496 e. The van der Waals surface area contributed by atoms with E-state index >= 15 is 0 Å². The van der Waals surface area contributed by atoms with Crippen molar-refractivity contribution in [1.29, 1.82) is 0 Å². The third-order valence-corrected chi connectivity index (χ3v) is 3.92. The van der Waals surface area contributed by atoms with Crippen molar-refractivity contribution in [3.8, 4) is 11.5 Å². The number of carbonyl (C=O) groups is 2. The summed E-state index contributed by atoms with van der Waals surface area (Å²) in [5.74, 6) is 0.738. The molecule has 26 heavy (non-hydrogen) atoms. The summed E-state index contributed by atoms with van der Waals surface area (Å²) in [6.07, 6.45) is 1.63. The number of nitrogens with one attached hydrogen (secondary N) is 1. The number of hydrogen-bond acceptors (Lipinski definition) is 5. The van der Waals surface area contributed by atoms with Crippen LogP contribution in [0.2, 0.25) is 0 Å². The first-order valence-corrected chi connectivity index (χ1v) is 8.27. The fourth-order valence-electron chi connectivity index (χ4n) is 2.25. The van der Waals surface area contributed by atoms with Crippen LogP contribution in [-0.2, 0) is 4.74 Å². The molecule has 0 aliphatic carbocycles. The standard InChI is InChI=1S/C20H23NO5/c1-14(24-2)10-11-26-17-8-9-18(19(12-17)25-3)20(23)21-16-6-4-15(13-22)5-7-16/h4-9,12-14H,10-11H2,1-3H3,(H,21,23). The van der Waals surface area contributed by atoms with Crippen LogP contribution in [-0.4, -0.2) is 39.1 Å². The minimum absolute atomic E-state index is 0.118. The fourth-order valence-corrected chi connectivity index (χ4v) is 2.25. The topological polar surface area (TPSA) is 73.9 Å². The van der Waals surface area contributed by atoms with E-state index in [0.29, 0.717) is 34.9 Å². The van der Waals surface area contributed by atoms with Gasteiger partial charge in [0.1, 0.15) is 17.8 Å². The smallest absolute Gasteiger partial charge is 0.259 e. The van der Waals surface area contributed by atoms with Gasteiger partial charge >= 0.3 is 0 Å². The lowest BCUT2D eigenvalue weighted by Gasteiger charge is -2.13. The first-order chi connectivity index (χ1) is 12.6. The maximum atomic E-state index is 12.5. The van der Waals surface area contributed by atoms with Gasteiger partial charge in [-0.05, 0) is 43.3 Å². The van der Waals surface area contributed by atoms with Crippen molar-refractivity contribution < 1.29 is 23.8 Å². The zero-order valence-electron chi connectivity index (χ0n) is 15.2. The molecule has 0 aliphatic heterocycles. The summed E-state index contributed by atoms with van der Waals surface area (Å²) >= 11 is 0. The number of aldehydes is 1. The molecule has 138 valence electrons. The predicted octanol–water partition coefficient (Wildman–Crippen LogP) is 3.56. The lowest BCUT2D eigenvalue weighted by molar-refractivity contribution is 0.0955. The second-order valence-corrected chi connectivity index (χ2v) is 5.74. The molecule has 1 unspecified atom stereocenters. The number of benzene rings is 2. The van der Waals surface area contributed by atoms with Crippen molar-refractivity contribution in [2.24, 2.45) is 0 Å². The van der Waals surface area contributed by atoms with Gasteiger partial charge in [0.05, 0.1) is 25.4 Å². The first kappa shape index (κ1) is 19.5. The summed E-state index contributed by atoms with van der Waals surface area (Å²) in [4.78, 5) is 23.2. The van der Waals surface area contributed by atoms with Gasteiger partial charge < -0.3 is 19.5 Å². The Bertz CT molecular complexity index is 742. The van der Waals surface area contributed by atoms with Crippen LogP contribution in [0.4, 0.5) is 5.69 Å². The molecule has 6 heteroatoms. The number of anilines is 1. The van der Waals surface area contributed by atoms with Crippen molar-refractivity contribution >= 4 is 17.9 Å². The zero-order chi connectivity index (χ0) is 18.9. The molecule has 0 bridgehead atoms. The van der Waals surface area contributed by atoms with Crippen molar-refractivity contribution in [3.63, 3.8) is 0 Å². The summed E-state index contributed by atoms with van der Waals surface area (Å²) in [5, 5.41) is 2.78. The van der Waals surface area contributed by atoms with Gasteiger partial charge in [0, 0.05) is 30.8 Å². The molecule has 0 spiro atoms. The van der Waals surface area contributed by atoms with Gasteiger partial charge in [-0.25, -0.2) is 0 Å². The van der Waals surface area contributed by atoms with Gasteiger partial charge in [-0.2, -0.15) is 0 Å². The lowest BCUT2D eigenvalue weighted by atomic mass is 10.1. The van der Waals surface area contributed by atoms with E-state index in [1.807, 2.05) is 6.92 Å². The van der Waals surface area contributed by atoms with E-state index in [9.17, 15) is 9.59 Å². The molecule has 2 rings (SSSR count). The lowest BCUT2D eigenvalue weighted by Crippen LogP contribution is -2.14. The van der Waals surface area contributed by atoms with Crippen molar-refractivity contribution in [2.75, 3.05) is 26.1 Å². The van der Waals surface area contributed by atoms with Gasteiger partial charge in [-0.3, -0.25) is 9.59 Å². The average Bonchev–Trinajstić information content (AvgIpc) is 2.68. The monoisotopic (exact) mass is 357 g/mol. The third-order valence-electron chi connectivity index (χ3n) is 3.92. The molecular formula is C20H23NO5. The fraction of sp³-hybridized carbons (Fsp3) is 0.300. The van der Waals surface area contributed by atoms with Gasteiger partial charge in [0.2, 0.25) is 0 Å². The van der Waals surface area contributed by atoms with Crippen LogP contribution in [0, 0.1) is 0 Å². The quantitative estimate of drug-likeness (QED) is 0.695. The number of carbonyl (C=O) groups excluding carboxylic acids is 2. The van der Waals surface area contributed by atoms with E-state index in [-0.39, 0.29) is 12.0 Å². The van der Waals surface area contributed by atoms with E-state index in [1.54, 1.807) is 49.6 Å². The Balaban J connectivity index is 2.05. The van der Waals surface area contributed by atoms with Crippen LogP contribution >= 0.6 is 0 Å². The number of amides is 1. The van der Waals surface area contributed by atoms with Gasteiger partial charge in [-0.15, -0.1) is 0 Å². The number of rotatable bonds is 9. The summed E-state index contributed by atoms with van der Waals surface area (Å²) in [5.41, 5.74) is 1.53. The van der Waals surface area contributed by atoms with Crippen LogP contribution in [0.1, 0.15) is 34.1 Å². The van der Waals surface area contributed by atoms with Crippen LogP contribution < -0.4 is 14.8 Å². The van der Waals surface area contributed by atoms with Crippen LogP contribution in [0.3, 0.4) is 0 Å². The van der Waals surface area contributed by atoms with E-state index in [0.717, 1.165) is 12.7 Å². The maximum absolute atomic E-state index is 12.5. The second-order valence-electron chi connectivity index (χ2n) is 5.74. The molecular weight excluding hydrogens is 334 g/mol. The Morgan fingerprint density at radius 2 is 1.88 bits per heavy atom. The molecule has 6 nitrogen and oxygen atoms in total. The minimum atomic E-state index is -0.305. The van der Waals surface area contributed by atoms with Gasteiger partial charge in [0.15, 0.2) is 0 Å². The molecule has 1 N–H and O–H groups in total. The predicted molar refractivity (Wildman–Crippen MR) is 99.4 cm³/mol. The maximum Gasteiger partial charge on any atom is 0.259 e. The Hall–Kier alpha value is -2.86. The summed E-state index contributed by atoms with van der Waals surface area (Å²) in [6.45, 7) is 2.48. The highest BCUT2D eigenvalue weighted by molar-refractivity contribution is 6.06. The first-order valence-electron chi connectivity index (χ1n) is 8.27. The highest BCUT2D eigenvalue weighted by Gasteiger charge is 2.14. The third kappa shape index (κ3) is 5.32. The van der Waals surface area contributed by atoms with Crippen molar-refractivity contribution in [2.45, 2.75) is 19.4 Å². The normalized spacial score (nSPS) is 11.5. The summed E-state index contributed by atoms with van der Waals surface area (Å²) < 4.78 is 16.2. The molecule has 0 aromatic heterocycles. The summed E-state index contributed by atoms with van der Waals surface area (Å²) in [7, 11) is 3.16. The molecule has 0 saturated heterocycles. The van der Waals surface area contributed by atoms with E-state index < -0.39 is 0 Å². The summed E-state index contributed by atoms with van der Waals surface area (Å²) in [6, 6.07) is 11.7. The molecule has 2 aromatic rings. The highest BCUT2D eigenvalue weighted by Crippen LogP contribution is 2.26. The second kappa shape index (κ2) is 9.58. The molecule has 0 saturated carbocycles. The largest absolute Gasteiger partial charge is 0.496 e. The van der Waals surface area contributed by atoms with Crippen LogP contribution in [0.15, 0.2) is 42.5 Å². The SMILES string of the molecule is COc1cc(OCCC(C)OC)ccc1C(=O)Nc1ccc(C=O)cc1. The van der Waals surface area contributed by atoms with Crippen LogP contribution in [0.5, 0.6) is 11.5 Å². The highest BCUT2D eigenvalue weighted by atomic mass is 16.5. The molecule has 0 radical (unpaired) electrons. The van der Waals surface area contributed by atoms with Crippen molar-refractivity contribution in [3.05, 3.63) is 53.6 Å². The molecule has 1 amide bonds. The Morgan fingerprint density at radius 3 is 2.50 bits per heavy atom.